The van der Waals surface area contributed by atoms with E-state index in [1.807, 2.05) is 30.3 Å². The molecule has 0 spiro atoms. The van der Waals surface area contributed by atoms with Crippen LogP contribution in [0.4, 0.5) is 5.69 Å². The summed E-state index contributed by atoms with van der Waals surface area (Å²) in [6.45, 7) is 0. The predicted octanol–water partition coefficient (Wildman–Crippen LogP) is 2.78. The van der Waals surface area contributed by atoms with Gasteiger partial charge in [-0.1, -0.05) is 18.2 Å². The molecule has 5 heteroatoms. The largest absolute Gasteiger partial charge is 0.478 e. The van der Waals surface area contributed by atoms with Gasteiger partial charge < -0.3 is 15.3 Å². The van der Waals surface area contributed by atoms with Crippen molar-refractivity contribution in [3.63, 3.8) is 0 Å². The number of fused-ring (bicyclic) bond motifs is 1. The van der Waals surface area contributed by atoms with Gasteiger partial charge in [0.05, 0.1) is 0 Å². The number of carboxylic acid groups (broad SMARTS) is 1. The SMILES string of the molecule is Nc1cc(C(=O)O)c2oc(-c3ccccc3)nc2c1. The lowest BCUT2D eigenvalue weighted by molar-refractivity contribution is 0.0698. The number of hydrogen-bond donors (Lipinski definition) is 2. The van der Waals surface area contributed by atoms with Crippen LogP contribution in [0.15, 0.2) is 46.9 Å². The first-order valence-corrected chi connectivity index (χ1v) is 5.64. The standard InChI is InChI=1S/C14H10N2O3/c15-9-6-10(14(17)18)12-11(7-9)16-13(19-12)8-4-2-1-3-5-8/h1-7H,15H2,(H,17,18). The van der Waals surface area contributed by atoms with Crippen molar-refractivity contribution in [3.05, 3.63) is 48.0 Å². The molecule has 0 unspecified atom stereocenters. The van der Waals surface area contributed by atoms with E-state index < -0.39 is 5.97 Å². The van der Waals surface area contributed by atoms with Crippen molar-refractivity contribution in [1.82, 2.24) is 4.98 Å². The van der Waals surface area contributed by atoms with Gasteiger partial charge >= 0.3 is 5.97 Å². The Morgan fingerprint density at radius 2 is 1.95 bits per heavy atom. The highest BCUT2D eigenvalue weighted by molar-refractivity contribution is 6.02. The Morgan fingerprint density at radius 1 is 1.21 bits per heavy atom. The minimum atomic E-state index is -1.09. The molecule has 0 aliphatic rings. The van der Waals surface area contributed by atoms with Crippen LogP contribution in [0.25, 0.3) is 22.6 Å². The predicted molar refractivity (Wildman–Crippen MR) is 70.8 cm³/mol. The van der Waals surface area contributed by atoms with E-state index in [1.54, 1.807) is 6.07 Å². The van der Waals surface area contributed by atoms with E-state index in [4.69, 9.17) is 15.3 Å². The van der Waals surface area contributed by atoms with Gasteiger partial charge in [-0.05, 0) is 24.3 Å². The van der Waals surface area contributed by atoms with Gasteiger partial charge in [0, 0.05) is 11.3 Å². The van der Waals surface area contributed by atoms with Crippen molar-refractivity contribution in [3.8, 4) is 11.5 Å². The summed E-state index contributed by atoms with van der Waals surface area (Å²) >= 11 is 0. The molecule has 19 heavy (non-hydrogen) atoms. The van der Waals surface area contributed by atoms with Crippen LogP contribution in [-0.2, 0) is 0 Å². The number of oxazole rings is 1. The number of nitrogens with zero attached hydrogens (tertiary/aromatic N) is 1. The van der Waals surface area contributed by atoms with E-state index in [-0.39, 0.29) is 11.1 Å². The van der Waals surface area contributed by atoms with Crippen LogP contribution in [0.5, 0.6) is 0 Å². The second-order valence-electron chi connectivity index (χ2n) is 4.11. The lowest BCUT2D eigenvalue weighted by Crippen LogP contribution is -1.98. The van der Waals surface area contributed by atoms with Crippen LogP contribution in [0.1, 0.15) is 10.4 Å². The van der Waals surface area contributed by atoms with Crippen molar-refractivity contribution in [2.75, 3.05) is 5.73 Å². The molecule has 0 saturated carbocycles. The Hall–Kier alpha value is -2.82. The van der Waals surface area contributed by atoms with E-state index in [9.17, 15) is 4.79 Å². The summed E-state index contributed by atoms with van der Waals surface area (Å²) in [6.07, 6.45) is 0. The first kappa shape index (κ1) is 11.3. The number of aromatic carboxylic acids is 1. The fraction of sp³-hybridized carbons (Fsp3) is 0. The van der Waals surface area contributed by atoms with Gasteiger partial charge in [0.2, 0.25) is 5.89 Å². The number of anilines is 1. The number of carbonyl (C=O) groups is 1. The molecule has 3 N–H and O–H groups in total. The fourth-order valence-electron chi connectivity index (χ4n) is 1.92. The molecule has 3 aromatic rings. The minimum absolute atomic E-state index is 0.0182. The van der Waals surface area contributed by atoms with Gasteiger partial charge in [0.1, 0.15) is 11.1 Å². The van der Waals surface area contributed by atoms with E-state index in [1.165, 1.54) is 6.07 Å². The van der Waals surface area contributed by atoms with E-state index in [0.717, 1.165) is 5.56 Å². The topological polar surface area (TPSA) is 89.4 Å². The Labute approximate surface area is 108 Å². The van der Waals surface area contributed by atoms with Crippen molar-refractivity contribution in [2.45, 2.75) is 0 Å². The Kier molecular flexibility index (Phi) is 2.45. The Bertz CT molecular complexity index is 763. The summed E-state index contributed by atoms with van der Waals surface area (Å²) in [6, 6.07) is 12.2. The summed E-state index contributed by atoms with van der Waals surface area (Å²) < 4.78 is 5.55. The summed E-state index contributed by atoms with van der Waals surface area (Å²) in [5.41, 5.74) is 7.49. The van der Waals surface area contributed by atoms with Crippen LogP contribution in [0.2, 0.25) is 0 Å². The molecule has 3 rings (SSSR count). The van der Waals surface area contributed by atoms with Crippen molar-refractivity contribution in [1.29, 1.82) is 0 Å². The number of nitrogen functional groups attached to an aromatic ring is 1. The van der Waals surface area contributed by atoms with E-state index in [2.05, 4.69) is 4.98 Å². The van der Waals surface area contributed by atoms with E-state index in [0.29, 0.717) is 17.1 Å². The molecule has 1 heterocycles. The molecule has 0 radical (unpaired) electrons. The highest BCUT2D eigenvalue weighted by Crippen LogP contribution is 2.28. The molecule has 0 aliphatic heterocycles. The summed E-state index contributed by atoms with van der Waals surface area (Å²) in [4.78, 5) is 15.4. The molecule has 0 atom stereocenters. The zero-order valence-electron chi connectivity index (χ0n) is 9.83. The van der Waals surface area contributed by atoms with Gasteiger partial charge in [-0.2, -0.15) is 0 Å². The summed E-state index contributed by atoms with van der Waals surface area (Å²) in [7, 11) is 0. The summed E-state index contributed by atoms with van der Waals surface area (Å²) in [5.74, 6) is -0.711. The van der Waals surface area contributed by atoms with Crippen LogP contribution < -0.4 is 5.73 Å². The molecule has 0 aliphatic carbocycles. The molecule has 0 saturated heterocycles. The zero-order chi connectivity index (χ0) is 13.4. The maximum atomic E-state index is 11.2. The maximum absolute atomic E-state index is 11.2. The fourth-order valence-corrected chi connectivity index (χ4v) is 1.92. The number of nitrogens with two attached hydrogens (primary N) is 1. The van der Waals surface area contributed by atoms with Crippen molar-refractivity contribution < 1.29 is 14.3 Å². The molecule has 0 amide bonds. The molecule has 1 aromatic heterocycles. The third kappa shape index (κ3) is 1.91. The number of carboxylic acids is 1. The number of hydrogen-bond acceptors (Lipinski definition) is 4. The van der Waals surface area contributed by atoms with Crippen molar-refractivity contribution >= 4 is 22.8 Å². The van der Waals surface area contributed by atoms with Gasteiger partial charge in [-0.3, -0.25) is 0 Å². The van der Waals surface area contributed by atoms with Crippen LogP contribution in [0.3, 0.4) is 0 Å². The molecule has 0 bridgehead atoms. The Balaban J connectivity index is 2.26. The number of rotatable bonds is 2. The Morgan fingerprint density at radius 3 is 2.63 bits per heavy atom. The molecular formula is C14H10N2O3. The molecule has 2 aromatic carbocycles. The van der Waals surface area contributed by atoms with E-state index >= 15 is 0 Å². The average molecular weight is 254 g/mol. The maximum Gasteiger partial charge on any atom is 0.339 e. The van der Waals surface area contributed by atoms with Crippen LogP contribution in [0, 0.1) is 0 Å². The van der Waals surface area contributed by atoms with Crippen molar-refractivity contribution in [2.24, 2.45) is 0 Å². The number of benzene rings is 2. The average Bonchev–Trinajstić information content (AvgIpc) is 2.82. The smallest absolute Gasteiger partial charge is 0.339 e. The first-order chi connectivity index (χ1) is 9.15. The van der Waals surface area contributed by atoms with Crippen LogP contribution in [-0.4, -0.2) is 16.1 Å². The summed E-state index contributed by atoms with van der Waals surface area (Å²) in [5, 5.41) is 9.14. The lowest BCUT2D eigenvalue weighted by Gasteiger charge is -1.97. The second-order valence-corrected chi connectivity index (χ2v) is 4.11. The third-order valence-corrected chi connectivity index (χ3v) is 2.76. The normalized spacial score (nSPS) is 10.7. The molecular weight excluding hydrogens is 244 g/mol. The van der Waals surface area contributed by atoms with Gasteiger partial charge in [0.15, 0.2) is 5.58 Å². The second kappa shape index (κ2) is 4.13. The van der Waals surface area contributed by atoms with Crippen LogP contribution >= 0.6 is 0 Å². The van der Waals surface area contributed by atoms with Gasteiger partial charge in [-0.25, -0.2) is 9.78 Å². The minimum Gasteiger partial charge on any atom is -0.478 e. The number of aromatic nitrogens is 1. The molecule has 0 fully saturated rings. The lowest BCUT2D eigenvalue weighted by atomic mass is 10.2. The highest BCUT2D eigenvalue weighted by atomic mass is 16.4. The first-order valence-electron chi connectivity index (χ1n) is 5.64. The zero-order valence-corrected chi connectivity index (χ0v) is 9.83. The third-order valence-electron chi connectivity index (χ3n) is 2.76. The molecule has 5 nitrogen and oxygen atoms in total. The quantitative estimate of drug-likeness (QED) is 0.686. The van der Waals surface area contributed by atoms with Gasteiger partial charge in [-0.15, -0.1) is 0 Å². The highest BCUT2D eigenvalue weighted by Gasteiger charge is 2.16. The molecule has 94 valence electrons. The monoisotopic (exact) mass is 254 g/mol. The van der Waals surface area contributed by atoms with Gasteiger partial charge in [0.25, 0.3) is 0 Å².